The zero-order chi connectivity index (χ0) is 23.1. The van der Waals surface area contributed by atoms with Gasteiger partial charge >= 0.3 is 5.84 Å². The number of unbranched alkanes of at least 4 members (excludes halogenated alkanes) is 8. The maximum absolute atomic E-state index is 10.4. The van der Waals surface area contributed by atoms with E-state index in [2.05, 4.69) is 18.5 Å². The van der Waals surface area contributed by atoms with E-state index in [1.807, 2.05) is 6.92 Å². The van der Waals surface area contributed by atoms with Crippen LogP contribution in [0.25, 0.3) is 0 Å². The van der Waals surface area contributed by atoms with Gasteiger partial charge in [-0.2, -0.15) is 4.58 Å². The highest BCUT2D eigenvalue weighted by Crippen LogP contribution is 2.11. The van der Waals surface area contributed by atoms with E-state index in [9.17, 15) is 13.0 Å². The standard InChI is InChI=1S/C17H35N2O.C7H8O3S/c1-3-4-5-6-7-8-9-10-11-12-17-18(2)13-14-19(17)15-16-20;1-6-2-4-7(5-3-6)11(8,9)10/h20H,3-16H2,1-2H3;2-5H,1H3,(H,8,9,10)/q+1;. The van der Waals surface area contributed by atoms with E-state index >= 15 is 0 Å². The number of nitrogens with one attached hydrogen (secondary N) is 1. The summed E-state index contributed by atoms with van der Waals surface area (Å²) in [5.41, 5.74) is 0.928. The first-order valence-electron chi connectivity index (χ1n) is 11.9. The zero-order valence-corrected chi connectivity index (χ0v) is 20.6. The molecule has 0 radical (unpaired) electrons. The SMILES string of the molecule is CCCCCCCCCCCC1=[N+](CCO)CC[NH+]1C.Cc1ccc(S(=O)(=O)[O-])cc1. The molecule has 0 spiro atoms. The Bertz CT molecular complexity index is 745. The topological polar surface area (TPSA) is 84.9 Å². The van der Waals surface area contributed by atoms with Crippen molar-refractivity contribution in [2.75, 3.05) is 33.3 Å². The quantitative estimate of drug-likeness (QED) is 0.272. The predicted molar refractivity (Wildman–Crippen MR) is 125 cm³/mol. The molecule has 0 aliphatic carbocycles. The Kier molecular flexibility index (Phi) is 13.9. The van der Waals surface area contributed by atoms with Crippen LogP contribution < -0.4 is 4.90 Å². The molecular formula is C24H43N2O4S+. The van der Waals surface area contributed by atoms with Crippen LogP contribution in [0.4, 0.5) is 0 Å². The molecule has 0 saturated heterocycles. The predicted octanol–water partition coefficient (Wildman–Crippen LogP) is 2.74. The molecule has 2 rings (SSSR count). The summed E-state index contributed by atoms with van der Waals surface area (Å²) in [6, 6.07) is 5.78. The van der Waals surface area contributed by atoms with Gasteiger partial charge in [0.15, 0.2) is 13.1 Å². The van der Waals surface area contributed by atoms with Gasteiger partial charge in [-0.1, -0.05) is 76.0 Å². The molecule has 0 amide bonds. The van der Waals surface area contributed by atoms with Crippen molar-refractivity contribution in [3.63, 3.8) is 0 Å². The molecule has 7 heteroatoms. The number of amidine groups is 1. The van der Waals surface area contributed by atoms with Gasteiger partial charge in [0.05, 0.1) is 18.4 Å². The van der Waals surface area contributed by atoms with Crippen LogP contribution in [-0.4, -0.2) is 61.8 Å². The van der Waals surface area contributed by atoms with E-state index in [0.29, 0.717) is 0 Å². The number of benzene rings is 1. The smallest absolute Gasteiger partial charge is 0.336 e. The van der Waals surface area contributed by atoms with E-state index < -0.39 is 10.1 Å². The molecule has 1 heterocycles. The summed E-state index contributed by atoms with van der Waals surface area (Å²) in [5.74, 6) is 1.53. The highest BCUT2D eigenvalue weighted by Gasteiger charge is 2.30. The van der Waals surface area contributed by atoms with Gasteiger partial charge in [0.2, 0.25) is 0 Å². The first-order valence-corrected chi connectivity index (χ1v) is 13.3. The van der Waals surface area contributed by atoms with Crippen LogP contribution in [0.3, 0.4) is 0 Å². The van der Waals surface area contributed by atoms with Gasteiger partial charge < -0.3 is 9.66 Å². The average molecular weight is 456 g/mol. The van der Waals surface area contributed by atoms with E-state index in [4.69, 9.17) is 5.11 Å². The number of aliphatic hydroxyl groups excluding tert-OH is 1. The molecule has 0 aromatic heterocycles. The number of hydrogen-bond donors (Lipinski definition) is 2. The number of quaternary nitrogens is 1. The van der Waals surface area contributed by atoms with Gasteiger partial charge in [-0.25, -0.2) is 13.3 Å². The third kappa shape index (κ3) is 11.8. The molecule has 6 nitrogen and oxygen atoms in total. The van der Waals surface area contributed by atoms with Gasteiger partial charge in [0.25, 0.3) is 0 Å². The van der Waals surface area contributed by atoms with Crippen LogP contribution in [0.1, 0.15) is 76.7 Å². The largest absolute Gasteiger partial charge is 0.744 e. The van der Waals surface area contributed by atoms with E-state index in [0.717, 1.165) is 18.7 Å². The van der Waals surface area contributed by atoms with Crippen molar-refractivity contribution in [3.8, 4) is 0 Å². The van der Waals surface area contributed by atoms with Crippen LogP contribution in [0.2, 0.25) is 0 Å². The van der Waals surface area contributed by atoms with Crippen molar-refractivity contribution in [1.29, 1.82) is 0 Å². The minimum Gasteiger partial charge on any atom is -0.744 e. The van der Waals surface area contributed by atoms with Gasteiger partial charge in [0, 0.05) is 0 Å². The number of likely N-dealkylation sites (N-methyl/N-ethyl adjacent to an activating group) is 1. The van der Waals surface area contributed by atoms with Crippen LogP contribution in [0.15, 0.2) is 29.2 Å². The molecular weight excluding hydrogens is 412 g/mol. The lowest BCUT2D eigenvalue weighted by atomic mass is 10.1. The van der Waals surface area contributed by atoms with Gasteiger partial charge in [-0.15, -0.1) is 0 Å². The fourth-order valence-electron chi connectivity index (χ4n) is 3.90. The van der Waals surface area contributed by atoms with Crippen LogP contribution in [-0.2, 0) is 10.1 Å². The Morgan fingerprint density at radius 2 is 1.55 bits per heavy atom. The molecule has 1 aromatic rings. The summed E-state index contributed by atoms with van der Waals surface area (Å²) in [7, 11) is -2.01. The van der Waals surface area contributed by atoms with Crippen molar-refractivity contribution < 1.29 is 27.6 Å². The maximum atomic E-state index is 10.4. The maximum Gasteiger partial charge on any atom is 0.336 e. The molecule has 2 N–H and O–H groups in total. The lowest BCUT2D eigenvalue weighted by Gasteiger charge is -2.05. The summed E-state index contributed by atoms with van der Waals surface area (Å²) >= 11 is 0. The first kappa shape index (κ1) is 27.8. The molecule has 1 atom stereocenters. The Labute approximate surface area is 189 Å². The summed E-state index contributed by atoms with van der Waals surface area (Å²) in [6.45, 7) is 7.53. The summed E-state index contributed by atoms with van der Waals surface area (Å²) in [6.07, 6.45) is 13.8. The van der Waals surface area contributed by atoms with E-state index in [1.165, 1.54) is 88.7 Å². The molecule has 1 unspecified atom stereocenters. The van der Waals surface area contributed by atoms with E-state index in [1.54, 1.807) is 17.0 Å². The summed E-state index contributed by atoms with van der Waals surface area (Å²) in [4.78, 5) is 1.38. The minimum atomic E-state index is -4.27. The second-order valence-electron chi connectivity index (χ2n) is 8.53. The number of hydrogen-bond acceptors (Lipinski definition) is 4. The molecule has 178 valence electrons. The highest BCUT2D eigenvalue weighted by atomic mass is 32.2. The van der Waals surface area contributed by atoms with Crippen LogP contribution in [0, 0.1) is 6.92 Å². The molecule has 0 fully saturated rings. The normalized spacial score (nSPS) is 16.4. The van der Waals surface area contributed by atoms with Gasteiger partial charge in [-0.05, 0) is 25.5 Å². The average Bonchev–Trinajstić information content (AvgIpc) is 3.07. The fraction of sp³-hybridized carbons (Fsp3) is 0.708. The Morgan fingerprint density at radius 3 is 2.06 bits per heavy atom. The molecule has 0 saturated carbocycles. The fourth-order valence-corrected chi connectivity index (χ4v) is 4.37. The summed E-state index contributed by atoms with van der Waals surface area (Å²) in [5, 5.41) is 9.10. The van der Waals surface area contributed by atoms with Crippen LogP contribution >= 0.6 is 0 Å². The van der Waals surface area contributed by atoms with Crippen molar-refractivity contribution in [2.45, 2.75) is 83.0 Å². The third-order valence-electron chi connectivity index (χ3n) is 5.83. The summed E-state index contributed by atoms with van der Waals surface area (Å²) < 4.78 is 33.6. The van der Waals surface area contributed by atoms with Crippen molar-refractivity contribution >= 4 is 16.0 Å². The first-order chi connectivity index (χ1) is 14.8. The number of rotatable bonds is 13. The number of nitrogens with zero attached hydrogens (tertiary/aromatic N) is 1. The zero-order valence-electron chi connectivity index (χ0n) is 19.7. The van der Waals surface area contributed by atoms with Crippen LogP contribution in [0.5, 0.6) is 0 Å². The molecule has 1 aromatic carbocycles. The number of aliphatic hydroxyl groups is 1. The van der Waals surface area contributed by atoms with Crippen molar-refractivity contribution in [3.05, 3.63) is 29.8 Å². The van der Waals surface area contributed by atoms with Crippen molar-refractivity contribution in [2.24, 2.45) is 0 Å². The Morgan fingerprint density at radius 1 is 1.00 bits per heavy atom. The third-order valence-corrected chi connectivity index (χ3v) is 6.68. The molecule has 31 heavy (non-hydrogen) atoms. The van der Waals surface area contributed by atoms with Crippen molar-refractivity contribution in [1.82, 2.24) is 0 Å². The lowest BCUT2D eigenvalue weighted by Crippen LogP contribution is -3.10. The Balaban J connectivity index is 0.000000367. The second kappa shape index (κ2) is 15.5. The highest BCUT2D eigenvalue weighted by molar-refractivity contribution is 7.85. The minimum absolute atomic E-state index is 0.178. The molecule has 1 aliphatic heterocycles. The number of β-amino-alcohol motifs (C(OH)–C–C–N with tert-alkyl or cyclic N) is 1. The number of aryl methyl sites for hydroxylation is 1. The monoisotopic (exact) mass is 455 g/mol. The molecule has 1 aliphatic rings. The lowest BCUT2D eigenvalue weighted by molar-refractivity contribution is -0.779. The van der Waals surface area contributed by atoms with Gasteiger partial charge in [-0.3, -0.25) is 0 Å². The second-order valence-corrected chi connectivity index (χ2v) is 9.91. The Hall–Kier alpha value is -1.28. The molecule has 0 bridgehead atoms. The van der Waals surface area contributed by atoms with E-state index in [-0.39, 0.29) is 11.5 Å². The van der Waals surface area contributed by atoms with Gasteiger partial charge in [0.1, 0.15) is 23.3 Å².